The summed E-state index contributed by atoms with van der Waals surface area (Å²) in [6.45, 7) is 3.90. The van der Waals surface area contributed by atoms with Crippen LogP contribution in [-0.4, -0.2) is 60.6 Å². The Morgan fingerprint density at radius 3 is 2.61 bits per heavy atom. The maximum atomic E-state index is 14.0. The Morgan fingerprint density at radius 1 is 1.11 bits per heavy atom. The van der Waals surface area contributed by atoms with Crippen molar-refractivity contribution < 1.29 is 4.39 Å². The van der Waals surface area contributed by atoms with Gasteiger partial charge in [0.25, 0.3) is 0 Å². The molecule has 2 aromatic carbocycles. The molecular formula is C21H25FN6. The van der Waals surface area contributed by atoms with E-state index >= 15 is 0 Å². The van der Waals surface area contributed by atoms with E-state index in [1.807, 2.05) is 36.4 Å². The number of rotatable bonds is 4. The Labute approximate surface area is 164 Å². The van der Waals surface area contributed by atoms with Gasteiger partial charge in [-0.1, -0.05) is 24.3 Å². The lowest BCUT2D eigenvalue weighted by Crippen LogP contribution is -2.53. The number of aliphatic imine (C=N–C) groups is 1. The van der Waals surface area contributed by atoms with Crippen LogP contribution < -0.4 is 10.2 Å². The van der Waals surface area contributed by atoms with Crippen LogP contribution in [0.25, 0.3) is 11.0 Å². The van der Waals surface area contributed by atoms with Gasteiger partial charge in [0.1, 0.15) is 11.6 Å². The number of hydrogen-bond donors (Lipinski definition) is 2. The van der Waals surface area contributed by atoms with E-state index in [2.05, 4.69) is 30.1 Å². The van der Waals surface area contributed by atoms with Crippen molar-refractivity contribution >= 4 is 22.7 Å². The Bertz CT molecular complexity index is 925. The maximum absolute atomic E-state index is 14.0. The fourth-order valence-corrected chi connectivity index (χ4v) is 3.62. The van der Waals surface area contributed by atoms with Crippen LogP contribution in [0, 0.1) is 5.82 Å². The number of nitrogens with one attached hydrogen (secondary N) is 2. The van der Waals surface area contributed by atoms with Crippen molar-refractivity contribution in [1.29, 1.82) is 0 Å². The summed E-state index contributed by atoms with van der Waals surface area (Å²) in [6, 6.07) is 15.0. The monoisotopic (exact) mass is 380 g/mol. The van der Waals surface area contributed by atoms with Crippen LogP contribution in [0.2, 0.25) is 0 Å². The largest absolute Gasteiger partial charge is 0.366 e. The number of anilines is 1. The van der Waals surface area contributed by atoms with Crippen molar-refractivity contribution in [2.75, 3.05) is 44.7 Å². The molecule has 0 amide bonds. The zero-order chi connectivity index (χ0) is 19.3. The highest BCUT2D eigenvalue weighted by Crippen LogP contribution is 2.20. The molecule has 0 radical (unpaired) electrons. The SMILES string of the molecule is CN=C(NCCc1nc2ccccc2[nH]1)N1CCN(c2ccccc2F)CC1. The van der Waals surface area contributed by atoms with Crippen LogP contribution in [0.1, 0.15) is 5.82 Å². The first-order chi connectivity index (χ1) is 13.7. The summed E-state index contributed by atoms with van der Waals surface area (Å²) >= 11 is 0. The van der Waals surface area contributed by atoms with Crippen LogP contribution in [0.15, 0.2) is 53.5 Å². The highest BCUT2D eigenvalue weighted by Gasteiger charge is 2.21. The van der Waals surface area contributed by atoms with Crippen LogP contribution >= 0.6 is 0 Å². The first-order valence-corrected chi connectivity index (χ1v) is 9.63. The molecule has 0 unspecified atom stereocenters. The van der Waals surface area contributed by atoms with Gasteiger partial charge in [0, 0.05) is 46.2 Å². The highest BCUT2D eigenvalue weighted by atomic mass is 19.1. The van der Waals surface area contributed by atoms with E-state index in [4.69, 9.17) is 0 Å². The van der Waals surface area contributed by atoms with Crippen molar-refractivity contribution in [3.05, 3.63) is 60.2 Å². The number of fused-ring (bicyclic) bond motifs is 1. The summed E-state index contributed by atoms with van der Waals surface area (Å²) in [5.41, 5.74) is 2.73. The summed E-state index contributed by atoms with van der Waals surface area (Å²) in [5, 5.41) is 3.42. The molecule has 1 aliphatic rings. The predicted molar refractivity (Wildman–Crippen MR) is 111 cm³/mol. The molecule has 1 saturated heterocycles. The average molecular weight is 380 g/mol. The van der Waals surface area contributed by atoms with Gasteiger partial charge in [-0.15, -0.1) is 0 Å². The van der Waals surface area contributed by atoms with Crippen LogP contribution in [0.4, 0.5) is 10.1 Å². The van der Waals surface area contributed by atoms with Gasteiger partial charge < -0.3 is 20.1 Å². The molecule has 146 valence electrons. The minimum atomic E-state index is -0.163. The number of hydrogen-bond acceptors (Lipinski definition) is 3. The fraction of sp³-hybridized carbons (Fsp3) is 0.333. The van der Waals surface area contributed by atoms with E-state index in [-0.39, 0.29) is 5.82 Å². The summed E-state index contributed by atoms with van der Waals surface area (Å²) in [6.07, 6.45) is 0.795. The molecule has 0 atom stereocenters. The maximum Gasteiger partial charge on any atom is 0.193 e. The Hall–Kier alpha value is -3.09. The Balaban J connectivity index is 1.29. The summed E-state index contributed by atoms with van der Waals surface area (Å²) in [7, 11) is 1.80. The number of H-pyrrole nitrogens is 1. The van der Waals surface area contributed by atoms with Gasteiger partial charge in [-0.05, 0) is 24.3 Å². The molecule has 6 nitrogen and oxygen atoms in total. The number of aromatic amines is 1. The number of para-hydroxylation sites is 3. The molecule has 0 aliphatic carbocycles. The quantitative estimate of drug-likeness (QED) is 0.540. The molecule has 1 fully saturated rings. The number of halogens is 1. The number of imidazole rings is 1. The first-order valence-electron chi connectivity index (χ1n) is 9.63. The number of guanidine groups is 1. The van der Waals surface area contributed by atoms with Crippen molar-refractivity contribution in [2.24, 2.45) is 4.99 Å². The third kappa shape index (κ3) is 3.93. The summed E-state index contributed by atoms with van der Waals surface area (Å²) < 4.78 is 14.0. The summed E-state index contributed by atoms with van der Waals surface area (Å²) in [5.74, 6) is 1.68. The lowest BCUT2D eigenvalue weighted by atomic mass is 10.2. The van der Waals surface area contributed by atoms with Crippen molar-refractivity contribution in [3.63, 3.8) is 0 Å². The Kier molecular flexibility index (Phi) is 5.41. The van der Waals surface area contributed by atoms with Gasteiger partial charge in [-0.2, -0.15) is 0 Å². The molecule has 28 heavy (non-hydrogen) atoms. The number of piperazine rings is 1. The third-order valence-electron chi connectivity index (χ3n) is 5.07. The van der Waals surface area contributed by atoms with Crippen LogP contribution in [-0.2, 0) is 6.42 Å². The minimum absolute atomic E-state index is 0.163. The molecular weight excluding hydrogens is 355 g/mol. The van der Waals surface area contributed by atoms with Crippen molar-refractivity contribution in [2.45, 2.75) is 6.42 Å². The molecule has 0 bridgehead atoms. The van der Waals surface area contributed by atoms with Crippen LogP contribution in [0.3, 0.4) is 0 Å². The molecule has 7 heteroatoms. The van der Waals surface area contributed by atoms with E-state index in [1.165, 1.54) is 6.07 Å². The number of aromatic nitrogens is 2. The highest BCUT2D eigenvalue weighted by molar-refractivity contribution is 5.80. The van der Waals surface area contributed by atoms with E-state index in [0.717, 1.165) is 62.0 Å². The lowest BCUT2D eigenvalue weighted by Gasteiger charge is -2.37. The first kappa shape index (κ1) is 18.3. The van der Waals surface area contributed by atoms with Gasteiger partial charge in [0.15, 0.2) is 5.96 Å². The molecule has 4 rings (SSSR count). The average Bonchev–Trinajstić information content (AvgIpc) is 3.15. The lowest BCUT2D eigenvalue weighted by molar-refractivity contribution is 0.371. The number of nitrogens with zero attached hydrogens (tertiary/aromatic N) is 4. The van der Waals surface area contributed by atoms with Gasteiger partial charge in [-0.25, -0.2) is 9.37 Å². The molecule has 0 saturated carbocycles. The van der Waals surface area contributed by atoms with Crippen LogP contribution in [0.5, 0.6) is 0 Å². The topological polar surface area (TPSA) is 59.6 Å². The molecule has 1 aliphatic heterocycles. The zero-order valence-electron chi connectivity index (χ0n) is 16.0. The zero-order valence-corrected chi connectivity index (χ0v) is 16.0. The van der Waals surface area contributed by atoms with Gasteiger partial charge in [0.05, 0.1) is 16.7 Å². The van der Waals surface area contributed by atoms with Gasteiger partial charge in [-0.3, -0.25) is 4.99 Å². The van der Waals surface area contributed by atoms with Gasteiger partial charge in [0.2, 0.25) is 0 Å². The van der Waals surface area contributed by atoms with Gasteiger partial charge >= 0.3 is 0 Å². The molecule has 1 aromatic heterocycles. The normalized spacial score (nSPS) is 15.3. The van der Waals surface area contributed by atoms with E-state index in [9.17, 15) is 4.39 Å². The molecule has 3 aromatic rings. The smallest absolute Gasteiger partial charge is 0.193 e. The van der Waals surface area contributed by atoms with Crippen molar-refractivity contribution in [1.82, 2.24) is 20.2 Å². The standard InChI is InChI=1S/C21H25FN6/c1-23-21(24-11-10-20-25-17-7-3-4-8-18(17)26-20)28-14-12-27(13-15-28)19-9-5-2-6-16(19)22/h2-9H,10-15H2,1H3,(H,23,24)(H,25,26). The van der Waals surface area contributed by atoms with E-state index in [1.54, 1.807) is 13.1 Å². The van der Waals surface area contributed by atoms with E-state index in [0.29, 0.717) is 5.69 Å². The second kappa shape index (κ2) is 8.29. The Morgan fingerprint density at radius 2 is 1.86 bits per heavy atom. The molecule has 0 spiro atoms. The predicted octanol–water partition coefficient (Wildman–Crippen LogP) is 2.64. The molecule has 2 heterocycles. The second-order valence-corrected chi connectivity index (χ2v) is 6.85. The van der Waals surface area contributed by atoms with Crippen molar-refractivity contribution in [3.8, 4) is 0 Å². The molecule has 2 N–H and O–H groups in total. The van der Waals surface area contributed by atoms with E-state index < -0.39 is 0 Å². The second-order valence-electron chi connectivity index (χ2n) is 6.85. The summed E-state index contributed by atoms with van der Waals surface area (Å²) in [4.78, 5) is 16.7. The third-order valence-corrected chi connectivity index (χ3v) is 5.07. The number of benzene rings is 2. The minimum Gasteiger partial charge on any atom is -0.366 e. The fourth-order valence-electron chi connectivity index (χ4n) is 3.62.